The number of aliphatic hydroxyl groups is 1. The van der Waals surface area contributed by atoms with Crippen LogP contribution in [0.15, 0.2) is 60.9 Å². The van der Waals surface area contributed by atoms with Crippen LogP contribution in [0.3, 0.4) is 0 Å². The number of benzene rings is 2. The van der Waals surface area contributed by atoms with E-state index in [9.17, 15) is 9.50 Å². The third-order valence-electron chi connectivity index (χ3n) is 3.38. The molecule has 1 unspecified atom stereocenters. The van der Waals surface area contributed by atoms with Gasteiger partial charge in [0, 0.05) is 17.3 Å². The highest BCUT2D eigenvalue weighted by Gasteiger charge is 2.15. The second-order valence-corrected chi connectivity index (χ2v) is 4.89. The van der Waals surface area contributed by atoms with Crippen molar-refractivity contribution >= 4 is 0 Å². The summed E-state index contributed by atoms with van der Waals surface area (Å²) in [7, 11) is 0. The molecule has 21 heavy (non-hydrogen) atoms. The summed E-state index contributed by atoms with van der Waals surface area (Å²) < 4.78 is 15.5. The first-order chi connectivity index (χ1) is 10.2. The van der Waals surface area contributed by atoms with Crippen LogP contribution in [0.4, 0.5) is 4.39 Å². The van der Waals surface area contributed by atoms with Gasteiger partial charge in [0.15, 0.2) is 0 Å². The van der Waals surface area contributed by atoms with Gasteiger partial charge >= 0.3 is 0 Å². The van der Waals surface area contributed by atoms with Crippen LogP contribution in [-0.4, -0.2) is 14.9 Å². The standard InChI is InChI=1S/C17H15FN2O/c1-12(21)17-15(18)8-5-9-16(17)20-11-14(10-19-20)13-6-3-2-4-7-13/h2-12,21H,1H3. The molecule has 1 N–H and O–H groups in total. The van der Waals surface area contributed by atoms with Crippen molar-refractivity contribution in [2.24, 2.45) is 0 Å². The fourth-order valence-corrected chi connectivity index (χ4v) is 2.37. The molecule has 0 aliphatic heterocycles. The van der Waals surface area contributed by atoms with Crippen LogP contribution in [0.2, 0.25) is 0 Å². The summed E-state index contributed by atoms with van der Waals surface area (Å²) in [5.74, 6) is -0.431. The van der Waals surface area contributed by atoms with Crippen LogP contribution in [0.5, 0.6) is 0 Å². The molecule has 0 amide bonds. The number of rotatable bonds is 3. The minimum atomic E-state index is -0.898. The number of hydrogen-bond donors (Lipinski definition) is 1. The molecule has 0 spiro atoms. The maximum absolute atomic E-state index is 13.9. The summed E-state index contributed by atoms with van der Waals surface area (Å²) in [6, 6.07) is 14.5. The Bertz CT molecular complexity index is 750. The normalized spacial score (nSPS) is 12.3. The molecular formula is C17H15FN2O. The predicted octanol–water partition coefficient (Wildman–Crippen LogP) is 3.73. The minimum Gasteiger partial charge on any atom is -0.389 e. The first-order valence-corrected chi connectivity index (χ1v) is 6.74. The molecule has 1 atom stereocenters. The predicted molar refractivity (Wildman–Crippen MR) is 79.6 cm³/mol. The lowest BCUT2D eigenvalue weighted by Crippen LogP contribution is -2.05. The van der Waals surface area contributed by atoms with Crippen molar-refractivity contribution in [3.8, 4) is 16.8 Å². The van der Waals surface area contributed by atoms with Crippen molar-refractivity contribution in [1.29, 1.82) is 0 Å². The van der Waals surface area contributed by atoms with E-state index in [1.165, 1.54) is 6.07 Å². The van der Waals surface area contributed by atoms with Gasteiger partial charge in [-0.25, -0.2) is 9.07 Å². The fraction of sp³-hybridized carbons (Fsp3) is 0.118. The van der Waals surface area contributed by atoms with Crippen molar-refractivity contribution in [3.05, 3.63) is 72.3 Å². The summed E-state index contributed by atoms with van der Waals surface area (Å²) in [5, 5.41) is 14.1. The van der Waals surface area contributed by atoms with Gasteiger partial charge in [-0.3, -0.25) is 0 Å². The van der Waals surface area contributed by atoms with Crippen molar-refractivity contribution in [2.45, 2.75) is 13.0 Å². The number of nitrogens with zero attached hydrogens (tertiary/aromatic N) is 2. The molecule has 1 heterocycles. The Morgan fingerprint density at radius 1 is 1.05 bits per heavy atom. The van der Waals surface area contributed by atoms with Gasteiger partial charge in [0.1, 0.15) is 5.82 Å². The molecular weight excluding hydrogens is 267 g/mol. The van der Waals surface area contributed by atoms with E-state index in [4.69, 9.17) is 0 Å². The summed E-state index contributed by atoms with van der Waals surface area (Å²) in [6.45, 7) is 1.55. The summed E-state index contributed by atoms with van der Waals surface area (Å²) in [6.07, 6.45) is 2.66. The maximum atomic E-state index is 13.9. The molecule has 0 fully saturated rings. The number of aromatic nitrogens is 2. The zero-order chi connectivity index (χ0) is 14.8. The number of hydrogen-bond acceptors (Lipinski definition) is 2. The zero-order valence-corrected chi connectivity index (χ0v) is 11.6. The Hall–Kier alpha value is -2.46. The smallest absolute Gasteiger partial charge is 0.131 e. The average Bonchev–Trinajstić information content (AvgIpc) is 2.97. The van der Waals surface area contributed by atoms with Gasteiger partial charge in [0.2, 0.25) is 0 Å². The Morgan fingerprint density at radius 2 is 1.81 bits per heavy atom. The Kier molecular flexibility index (Phi) is 3.54. The highest BCUT2D eigenvalue weighted by Crippen LogP contribution is 2.26. The third kappa shape index (κ3) is 2.58. The Morgan fingerprint density at radius 3 is 2.52 bits per heavy atom. The van der Waals surface area contributed by atoms with Crippen LogP contribution in [0.1, 0.15) is 18.6 Å². The summed E-state index contributed by atoms with van der Waals surface area (Å²) >= 11 is 0. The van der Waals surface area contributed by atoms with Gasteiger partial charge in [-0.2, -0.15) is 5.10 Å². The first-order valence-electron chi connectivity index (χ1n) is 6.74. The first kappa shape index (κ1) is 13.5. The van der Waals surface area contributed by atoms with Crippen molar-refractivity contribution in [2.75, 3.05) is 0 Å². The van der Waals surface area contributed by atoms with Crippen LogP contribution in [-0.2, 0) is 0 Å². The van der Waals surface area contributed by atoms with Gasteiger partial charge in [0.25, 0.3) is 0 Å². The van der Waals surface area contributed by atoms with Crippen LogP contribution in [0, 0.1) is 5.82 Å². The molecule has 3 aromatic rings. The number of aliphatic hydroxyl groups excluding tert-OH is 1. The van der Waals surface area contributed by atoms with E-state index in [2.05, 4.69) is 5.10 Å². The van der Waals surface area contributed by atoms with E-state index in [1.54, 1.807) is 29.9 Å². The molecule has 3 nitrogen and oxygen atoms in total. The van der Waals surface area contributed by atoms with Crippen LogP contribution >= 0.6 is 0 Å². The Balaban J connectivity index is 2.07. The minimum absolute atomic E-state index is 0.250. The van der Waals surface area contributed by atoms with Gasteiger partial charge < -0.3 is 5.11 Å². The third-order valence-corrected chi connectivity index (χ3v) is 3.38. The van der Waals surface area contributed by atoms with Crippen molar-refractivity contribution < 1.29 is 9.50 Å². The van der Waals surface area contributed by atoms with Gasteiger partial charge in [-0.1, -0.05) is 36.4 Å². The lowest BCUT2D eigenvalue weighted by Gasteiger charge is -2.12. The van der Waals surface area contributed by atoms with Crippen molar-refractivity contribution in [1.82, 2.24) is 9.78 Å². The maximum Gasteiger partial charge on any atom is 0.131 e. The lowest BCUT2D eigenvalue weighted by molar-refractivity contribution is 0.194. The molecule has 106 valence electrons. The second kappa shape index (κ2) is 5.50. The molecule has 0 radical (unpaired) electrons. The summed E-state index contributed by atoms with van der Waals surface area (Å²) in [5.41, 5.74) is 2.78. The quantitative estimate of drug-likeness (QED) is 0.795. The molecule has 3 rings (SSSR count). The van der Waals surface area contributed by atoms with E-state index >= 15 is 0 Å². The van der Waals surface area contributed by atoms with E-state index in [0.717, 1.165) is 11.1 Å². The average molecular weight is 282 g/mol. The van der Waals surface area contributed by atoms with Gasteiger partial charge in [-0.05, 0) is 24.6 Å². The molecule has 4 heteroatoms. The number of halogens is 1. The van der Waals surface area contributed by atoms with Crippen molar-refractivity contribution in [3.63, 3.8) is 0 Å². The largest absolute Gasteiger partial charge is 0.389 e. The molecule has 0 saturated heterocycles. The van der Waals surface area contributed by atoms with Crippen LogP contribution in [0.25, 0.3) is 16.8 Å². The highest BCUT2D eigenvalue weighted by atomic mass is 19.1. The molecule has 2 aromatic carbocycles. The van der Waals surface area contributed by atoms with Gasteiger partial charge in [0.05, 0.1) is 18.0 Å². The van der Waals surface area contributed by atoms with E-state index in [-0.39, 0.29) is 5.56 Å². The summed E-state index contributed by atoms with van der Waals surface area (Å²) in [4.78, 5) is 0. The molecule has 0 aliphatic rings. The fourth-order valence-electron chi connectivity index (χ4n) is 2.37. The van der Waals surface area contributed by atoms with E-state index < -0.39 is 11.9 Å². The van der Waals surface area contributed by atoms with E-state index in [0.29, 0.717) is 5.69 Å². The second-order valence-electron chi connectivity index (χ2n) is 4.89. The van der Waals surface area contributed by atoms with Gasteiger partial charge in [-0.15, -0.1) is 0 Å². The molecule has 0 bridgehead atoms. The SMILES string of the molecule is CC(O)c1c(F)cccc1-n1cc(-c2ccccc2)cn1. The zero-order valence-electron chi connectivity index (χ0n) is 11.6. The Labute approximate surface area is 122 Å². The topological polar surface area (TPSA) is 38.0 Å². The highest BCUT2D eigenvalue weighted by molar-refractivity contribution is 5.62. The van der Waals surface area contributed by atoms with Crippen LogP contribution < -0.4 is 0 Å². The lowest BCUT2D eigenvalue weighted by atomic mass is 10.1. The monoisotopic (exact) mass is 282 g/mol. The van der Waals surface area contributed by atoms with E-state index in [1.807, 2.05) is 36.5 Å². The molecule has 0 aliphatic carbocycles. The molecule has 1 aromatic heterocycles. The molecule has 0 saturated carbocycles.